The van der Waals surface area contributed by atoms with Gasteiger partial charge in [0.15, 0.2) is 6.29 Å². The molecule has 7 fully saturated rings. The van der Waals surface area contributed by atoms with Gasteiger partial charge >= 0.3 is 0 Å². The number of aromatic nitrogens is 1. The van der Waals surface area contributed by atoms with Crippen molar-refractivity contribution < 1.29 is 24.1 Å². The number of hydrogen-bond acceptors (Lipinski definition) is 6. The minimum absolute atomic E-state index is 0.00296. The molecule has 8 rings (SSSR count). The van der Waals surface area contributed by atoms with Crippen molar-refractivity contribution in [3.63, 3.8) is 0 Å². The van der Waals surface area contributed by atoms with Crippen LogP contribution in [0, 0.1) is 50.7 Å². The Morgan fingerprint density at radius 3 is 2.64 bits per heavy atom. The molecule has 0 bridgehead atoms. The number of carbonyl (C=O) groups is 1. The smallest absolute Gasteiger partial charge is 0.227 e. The van der Waals surface area contributed by atoms with Gasteiger partial charge in [0, 0.05) is 31.0 Å². The van der Waals surface area contributed by atoms with Gasteiger partial charge in [-0.25, -0.2) is 0 Å². The van der Waals surface area contributed by atoms with Gasteiger partial charge in [-0.15, -0.1) is 0 Å². The Labute approximate surface area is 263 Å². The van der Waals surface area contributed by atoms with Crippen LogP contribution in [0.2, 0.25) is 0 Å². The van der Waals surface area contributed by atoms with Crippen molar-refractivity contribution in [1.29, 1.82) is 0 Å². The van der Waals surface area contributed by atoms with Gasteiger partial charge in [-0.2, -0.15) is 0 Å². The molecule has 3 heterocycles. The van der Waals surface area contributed by atoms with Gasteiger partial charge in [0.1, 0.15) is 0 Å². The van der Waals surface area contributed by atoms with Crippen LogP contribution in [-0.4, -0.2) is 71.8 Å². The summed E-state index contributed by atoms with van der Waals surface area (Å²) in [6, 6.07) is 3.84. The van der Waals surface area contributed by atoms with Crippen LogP contribution in [0.5, 0.6) is 0 Å². The SMILES string of the molecule is C[C@@H]1CCOC2C1[C@@]1(C)CCC34C[C@@]35CC[C@H](OC3CN(C(=O)Cc6cccnc6)CCO3)C(C)(C)[C@@H]5CC[C@H]4[C@]1(C)[C@H]2O. The van der Waals surface area contributed by atoms with Crippen LogP contribution < -0.4 is 0 Å². The largest absolute Gasteiger partial charge is 0.390 e. The molecular formula is C37H54N2O5. The Bertz CT molecular complexity index is 1290. The first-order valence-corrected chi connectivity index (χ1v) is 17.7. The molecule has 4 unspecified atom stereocenters. The number of fused-ring (bicyclic) bond motifs is 4. The Morgan fingerprint density at radius 2 is 1.84 bits per heavy atom. The quantitative estimate of drug-likeness (QED) is 0.478. The zero-order chi connectivity index (χ0) is 30.7. The second-order valence-corrected chi connectivity index (χ2v) is 17.1. The van der Waals surface area contributed by atoms with Gasteiger partial charge < -0.3 is 24.2 Å². The summed E-state index contributed by atoms with van der Waals surface area (Å²) >= 11 is 0. The van der Waals surface area contributed by atoms with Crippen LogP contribution in [0.25, 0.3) is 0 Å². The van der Waals surface area contributed by atoms with E-state index >= 15 is 0 Å². The van der Waals surface area contributed by atoms with Gasteiger partial charge in [-0.05, 0) is 108 Å². The minimum Gasteiger partial charge on any atom is -0.390 e. The third kappa shape index (κ3) is 3.82. The topological polar surface area (TPSA) is 81.1 Å². The molecule has 1 aromatic heterocycles. The number of morpholine rings is 1. The molecule has 1 amide bonds. The number of aliphatic hydroxyl groups excluding tert-OH is 1. The molecule has 5 aliphatic carbocycles. The molecule has 1 N–H and O–H groups in total. The summed E-state index contributed by atoms with van der Waals surface area (Å²) in [5.41, 5.74) is 1.73. The number of nitrogens with zero attached hydrogens (tertiary/aromatic N) is 2. The zero-order valence-electron chi connectivity index (χ0n) is 27.6. The molecule has 0 aromatic carbocycles. The molecule has 5 saturated carbocycles. The first-order chi connectivity index (χ1) is 21.0. The van der Waals surface area contributed by atoms with Crippen LogP contribution >= 0.6 is 0 Å². The van der Waals surface area contributed by atoms with Crippen molar-refractivity contribution in [2.45, 2.75) is 117 Å². The maximum atomic E-state index is 13.1. The van der Waals surface area contributed by atoms with E-state index in [4.69, 9.17) is 14.2 Å². The molecular weight excluding hydrogens is 552 g/mol. The summed E-state index contributed by atoms with van der Waals surface area (Å²) in [4.78, 5) is 19.2. The monoisotopic (exact) mass is 606 g/mol. The predicted octanol–water partition coefficient (Wildman–Crippen LogP) is 5.64. The number of ether oxygens (including phenoxy) is 3. The highest BCUT2D eigenvalue weighted by atomic mass is 16.7. The van der Waals surface area contributed by atoms with Crippen LogP contribution in [0.4, 0.5) is 0 Å². The number of amides is 1. The lowest BCUT2D eigenvalue weighted by Crippen LogP contribution is -2.60. The molecule has 7 aliphatic rings. The molecule has 0 radical (unpaired) electrons. The number of carbonyl (C=O) groups excluding carboxylic acids is 1. The lowest BCUT2D eigenvalue weighted by atomic mass is 9.41. The van der Waals surface area contributed by atoms with Crippen LogP contribution in [0.3, 0.4) is 0 Å². The van der Waals surface area contributed by atoms with E-state index < -0.39 is 0 Å². The van der Waals surface area contributed by atoms with Gasteiger partial charge in [0.05, 0.1) is 37.9 Å². The van der Waals surface area contributed by atoms with E-state index in [0.717, 1.165) is 25.0 Å². The predicted molar refractivity (Wildman–Crippen MR) is 166 cm³/mol. The lowest BCUT2D eigenvalue weighted by Gasteiger charge is -2.63. The van der Waals surface area contributed by atoms with Gasteiger partial charge in [0.25, 0.3) is 0 Å². The molecule has 2 aliphatic heterocycles. The Balaban J connectivity index is 0.987. The van der Waals surface area contributed by atoms with E-state index in [1.807, 2.05) is 17.0 Å². The maximum Gasteiger partial charge on any atom is 0.227 e. The maximum absolute atomic E-state index is 13.1. The highest BCUT2D eigenvalue weighted by Crippen LogP contribution is 2.89. The number of pyridine rings is 1. The minimum atomic E-state index is -0.377. The second kappa shape index (κ2) is 9.98. The fourth-order valence-electron chi connectivity index (χ4n) is 13.3. The molecule has 242 valence electrons. The van der Waals surface area contributed by atoms with Gasteiger partial charge in [0.2, 0.25) is 5.91 Å². The fourth-order valence-corrected chi connectivity index (χ4v) is 13.3. The third-order valence-electron chi connectivity index (χ3n) is 15.5. The van der Waals surface area contributed by atoms with Crippen LogP contribution in [-0.2, 0) is 25.4 Å². The van der Waals surface area contributed by atoms with Crippen molar-refractivity contribution in [3.05, 3.63) is 30.1 Å². The summed E-state index contributed by atoms with van der Waals surface area (Å²) < 4.78 is 19.4. The van der Waals surface area contributed by atoms with Crippen molar-refractivity contribution in [3.8, 4) is 0 Å². The van der Waals surface area contributed by atoms with Crippen LogP contribution in [0.1, 0.15) is 91.5 Å². The molecule has 12 atom stereocenters. The Kier molecular flexibility index (Phi) is 6.77. The van der Waals surface area contributed by atoms with E-state index in [2.05, 4.69) is 39.6 Å². The van der Waals surface area contributed by atoms with Gasteiger partial charge in [-0.3, -0.25) is 9.78 Å². The summed E-state index contributed by atoms with van der Waals surface area (Å²) in [5, 5.41) is 12.1. The van der Waals surface area contributed by atoms with Crippen molar-refractivity contribution >= 4 is 5.91 Å². The molecule has 1 aromatic rings. The van der Waals surface area contributed by atoms with Crippen molar-refractivity contribution in [2.24, 2.45) is 50.7 Å². The summed E-state index contributed by atoms with van der Waals surface area (Å²) in [7, 11) is 0. The average molecular weight is 607 g/mol. The number of aliphatic hydroxyl groups is 1. The van der Waals surface area contributed by atoms with E-state index in [-0.39, 0.29) is 46.8 Å². The van der Waals surface area contributed by atoms with Crippen LogP contribution in [0.15, 0.2) is 24.5 Å². The molecule has 2 spiro atoms. The van der Waals surface area contributed by atoms with E-state index in [9.17, 15) is 9.90 Å². The highest BCUT2D eigenvalue weighted by Gasteiger charge is 2.84. The van der Waals surface area contributed by atoms with Crippen molar-refractivity contribution in [1.82, 2.24) is 9.88 Å². The zero-order valence-corrected chi connectivity index (χ0v) is 27.6. The first-order valence-electron chi connectivity index (χ1n) is 17.7. The Hall–Kier alpha value is -1.54. The number of hydrogen-bond donors (Lipinski definition) is 1. The molecule has 44 heavy (non-hydrogen) atoms. The highest BCUT2D eigenvalue weighted by molar-refractivity contribution is 5.78. The summed E-state index contributed by atoms with van der Waals surface area (Å²) in [6.45, 7) is 14.7. The summed E-state index contributed by atoms with van der Waals surface area (Å²) in [6.07, 6.45) is 12.9. The number of rotatable bonds is 4. The average Bonchev–Trinajstić information content (AvgIpc) is 3.64. The Morgan fingerprint density at radius 1 is 1.05 bits per heavy atom. The summed E-state index contributed by atoms with van der Waals surface area (Å²) in [5.74, 6) is 2.37. The second-order valence-electron chi connectivity index (χ2n) is 17.1. The van der Waals surface area contributed by atoms with Gasteiger partial charge in [-0.1, -0.05) is 40.7 Å². The molecule has 7 heteroatoms. The fraction of sp³-hybridized carbons (Fsp3) is 0.838. The van der Waals surface area contributed by atoms with E-state index in [1.165, 1.54) is 38.5 Å². The van der Waals surface area contributed by atoms with E-state index in [1.54, 1.807) is 12.4 Å². The third-order valence-corrected chi connectivity index (χ3v) is 15.5. The van der Waals surface area contributed by atoms with Crippen molar-refractivity contribution in [2.75, 3.05) is 26.3 Å². The van der Waals surface area contributed by atoms with E-state index in [0.29, 0.717) is 60.6 Å². The normalized spacial score (nSPS) is 50.5. The first kappa shape index (κ1) is 29.8. The molecule has 7 nitrogen and oxygen atoms in total. The standard InChI is InChI=1S/C37H54N2O5/c1-23-11-17-43-31-30(23)34(4)13-14-37-22-36(37)12-10-27(33(2,3)25(36)8-9-26(37)35(34,5)32(31)41)44-29-21-39(16-18-42-29)28(40)19-24-7-6-15-38-20-24/h6-7,15,20,23,25-27,29-32,41H,8-14,16-19,21-22H2,1-5H3/t23-,25+,26+,27+,29?,30?,31?,32+,34-,35-,36-,37?/m1/s1. The lowest BCUT2D eigenvalue weighted by molar-refractivity contribution is -0.248. The molecule has 2 saturated heterocycles.